The molecule has 1 aromatic heterocycles. The predicted octanol–water partition coefficient (Wildman–Crippen LogP) is 3.40. The van der Waals surface area contributed by atoms with E-state index in [0.29, 0.717) is 17.8 Å². The van der Waals surface area contributed by atoms with Crippen LogP contribution in [-0.4, -0.2) is 20.6 Å². The Bertz CT molecular complexity index is 920. The van der Waals surface area contributed by atoms with E-state index < -0.39 is 4.92 Å². The van der Waals surface area contributed by atoms with Gasteiger partial charge < -0.3 is 5.32 Å². The maximum atomic E-state index is 12.6. The molecule has 3 aromatic rings. The van der Waals surface area contributed by atoms with Gasteiger partial charge in [-0.05, 0) is 30.7 Å². The Balaban J connectivity index is 1.87. The highest BCUT2D eigenvalue weighted by atomic mass is 16.6. The number of nitro benzene ring substituents is 1. The van der Waals surface area contributed by atoms with Crippen molar-refractivity contribution in [3.05, 3.63) is 87.7 Å². The molecule has 1 amide bonds. The molecule has 0 radical (unpaired) electrons. The van der Waals surface area contributed by atoms with E-state index in [9.17, 15) is 14.9 Å². The van der Waals surface area contributed by atoms with E-state index >= 15 is 0 Å². The molecule has 0 aliphatic rings. The molecule has 0 bridgehead atoms. The third-order valence-corrected chi connectivity index (χ3v) is 3.90. The maximum absolute atomic E-state index is 12.6. The average Bonchev–Trinajstić information content (AvgIpc) is 3.09. The van der Waals surface area contributed by atoms with Crippen LogP contribution in [0.3, 0.4) is 0 Å². The van der Waals surface area contributed by atoms with Gasteiger partial charge in [-0.1, -0.05) is 24.3 Å². The van der Waals surface area contributed by atoms with Gasteiger partial charge in [0.1, 0.15) is 0 Å². The van der Waals surface area contributed by atoms with E-state index in [1.807, 2.05) is 30.5 Å². The first-order valence-corrected chi connectivity index (χ1v) is 7.67. The van der Waals surface area contributed by atoms with Crippen LogP contribution in [0.15, 0.2) is 60.9 Å². The summed E-state index contributed by atoms with van der Waals surface area (Å²) in [6.45, 7) is 2.08. The zero-order valence-electron chi connectivity index (χ0n) is 13.5. The summed E-state index contributed by atoms with van der Waals surface area (Å²) in [4.78, 5) is 23.2. The van der Waals surface area contributed by atoms with Crippen LogP contribution in [0.4, 0.5) is 11.4 Å². The molecule has 2 aromatic carbocycles. The number of aromatic nitrogens is 2. The first-order chi connectivity index (χ1) is 12.1. The summed E-state index contributed by atoms with van der Waals surface area (Å²) >= 11 is 0. The van der Waals surface area contributed by atoms with Gasteiger partial charge in [0.15, 0.2) is 0 Å². The molecule has 3 rings (SSSR count). The minimum Gasteiger partial charge on any atom is -0.322 e. The second-order valence-corrected chi connectivity index (χ2v) is 5.52. The number of para-hydroxylation sites is 1. The Labute approximate surface area is 144 Å². The number of rotatable bonds is 5. The summed E-state index contributed by atoms with van der Waals surface area (Å²) in [6, 6.07) is 13.7. The molecule has 0 aliphatic carbocycles. The number of hydrogen-bond donors (Lipinski definition) is 1. The van der Waals surface area contributed by atoms with Gasteiger partial charge in [-0.15, -0.1) is 0 Å². The van der Waals surface area contributed by atoms with Crippen LogP contribution in [0.1, 0.15) is 21.5 Å². The predicted molar refractivity (Wildman–Crippen MR) is 93.6 cm³/mol. The van der Waals surface area contributed by atoms with Crippen molar-refractivity contribution in [2.24, 2.45) is 0 Å². The molecule has 0 saturated carbocycles. The fraction of sp³-hybridized carbons (Fsp3) is 0.111. The Hall–Kier alpha value is -3.48. The van der Waals surface area contributed by atoms with Gasteiger partial charge in [-0.25, -0.2) is 0 Å². The lowest BCUT2D eigenvalue weighted by atomic mass is 10.1. The molecule has 0 aliphatic heterocycles. The monoisotopic (exact) mass is 336 g/mol. The largest absolute Gasteiger partial charge is 0.322 e. The molecule has 126 valence electrons. The topological polar surface area (TPSA) is 90.1 Å². The molecule has 0 unspecified atom stereocenters. The van der Waals surface area contributed by atoms with Crippen LogP contribution in [0, 0.1) is 17.0 Å². The van der Waals surface area contributed by atoms with E-state index in [4.69, 9.17) is 0 Å². The molecule has 25 heavy (non-hydrogen) atoms. The molecule has 0 saturated heterocycles. The zero-order valence-corrected chi connectivity index (χ0v) is 13.5. The standard InChI is InChI=1S/C18H16N4O3/c1-13-15(7-4-9-17(13)22(24)25)18(23)20-16-8-3-2-6-14(16)12-21-11-5-10-19-21/h2-11H,12H2,1H3,(H,20,23). The summed E-state index contributed by atoms with van der Waals surface area (Å²) in [6.07, 6.45) is 3.52. The summed E-state index contributed by atoms with van der Waals surface area (Å²) < 4.78 is 1.75. The number of nitrogens with one attached hydrogen (secondary N) is 1. The van der Waals surface area contributed by atoms with Gasteiger partial charge >= 0.3 is 0 Å². The van der Waals surface area contributed by atoms with E-state index in [0.717, 1.165) is 5.56 Å². The molecular formula is C18H16N4O3. The molecule has 1 N–H and O–H groups in total. The molecule has 1 heterocycles. The Morgan fingerprint density at radius 1 is 1.20 bits per heavy atom. The number of nitro groups is 1. The molecule has 0 fully saturated rings. The first kappa shape index (κ1) is 16.4. The summed E-state index contributed by atoms with van der Waals surface area (Å²) in [5.41, 5.74) is 2.09. The van der Waals surface area contributed by atoms with E-state index in [-0.39, 0.29) is 17.2 Å². The number of hydrogen-bond acceptors (Lipinski definition) is 4. The van der Waals surface area contributed by atoms with Gasteiger partial charge in [0, 0.05) is 35.3 Å². The number of anilines is 1. The number of amides is 1. The second kappa shape index (κ2) is 6.96. The van der Waals surface area contributed by atoms with Gasteiger partial charge in [-0.2, -0.15) is 5.10 Å². The molecule has 0 atom stereocenters. The molecule has 0 spiro atoms. The normalized spacial score (nSPS) is 10.4. The quantitative estimate of drug-likeness (QED) is 0.571. The third kappa shape index (κ3) is 3.55. The van der Waals surface area contributed by atoms with Gasteiger partial charge in [0.2, 0.25) is 0 Å². The van der Waals surface area contributed by atoms with Gasteiger partial charge in [-0.3, -0.25) is 19.6 Å². The van der Waals surface area contributed by atoms with Crippen molar-refractivity contribution in [1.82, 2.24) is 9.78 Å². The van der Waals surface area contributed by atoms with E-state index in [1.54, 1.807) is 29.9 Å². The fourth-order valence-electron chi connectivity index (χ4n) is 2.61. The van der Waals surface area contributed by atoms with Crippen LogP contribution in [-0.2, 0) is 6.54 Å². The van der Waals surface area contributed by atoms with Crippen LogP contribution >= 0.6 is 0 Å². The zero-order chi connectivity index (χ0) is 17.8. The second-order valence-electron chi connectivity index (χ2n) is 5.52. The fourth-order valence-corrected chi connectivity index (χ4v) is 2.61. The van der Waals surface area contributed by atoms with Crippen molar-refractivity contribution in [2.45, 2.75) is 13.5 Å². The summed E-state index contributed by atoms with van der Waals surface area (Å²) in [5.74, 6) is -0.380. The van der Waals surface area contributed by atoms with Crippen molar-refractivity contribution in [3.8, 4) is 0 Å². The molecule has 7 heteroatoms. The van der Waals surface area contributed by atoms with Crippen LogP contribution < -0.4 is 5.32 Å². The van der Waals surface area contributed by atoms with Crippen molar-refractivity contribution in [2.75, 3.05) is 5.32 Å². The summed E-state index contributed by atoms with van der Waals surface area (Å²) in [5, 5.41) is 18.1. The Morgan fingerprint density at radius 2 is 2.00 bits per heavy atom. The van der Waals surface area contributed by atoms with Gasteiger partial charge in [0.05, 0.1) is 11.5 Å². The number of carbonyl (C=O) groups is 1. The smallest absolute Gasteiger partial charge is 0.273 e. The number of carbonyl (C=O) groups excluding carboxylic acids is 1. The van der Waals surface area contributed by atoms with E-state index in [1.165, 1.54) is 12.1 Å². The lowest BCUT2D eigenvalue weighted by Gasteiger charge is -2.12. The highest BCUT2D eigenvalue weighted by molar-refractivity contribution is 6.06. The first-order valence-electron chi connectivity index (χ1n) is 7.67. The van der Waals surface area contributed by atoms with Crippen molar-refractivity contribution < 1.29 is 9.72 Å². The van der Waals surface area contributed by atoms with Crippen LogP contribution in [0.25, 0.3) is 0 Å². The van der Waals surface area contributed by atoms with Crippen molar-refractivity contribution >= 4 is 17.3 Å². The molecule has 7 nitrogen and oxygen atoms in total. The number of nitrogens with zero attached hydrogens (tertiary/aromatic N) is 3. The Morgan fingerprint density at radius 3 is 2.72 bits per heavy atom. The van der Waals surface area contributed by atoms with Gasteiger partial charge in [0.25, 0.3) is 11.6 Å². The number of benzene rings is 2. The van der Waals surface area contributed by atoms with Crippen LogP contribution in [0.2, 0.25) is 0 Å². The van der Waals surface area contributed by atoms with E-state index in [2.05, 4.69) is 10.4 Å². The molecular weight excluding hydrogens is 320 g/mol. The average molecular weight is 336 g/mol. The van der Waals surface area contributed by atoms with Crippen LogP contribution in [0.5, 0.6) is 0 Å². The van der Waals surface area contributed by atoms with Crippen molar-refractivity contribution in [3.63, 3.8) is 0 Å². The Kier molecular flexibility index (Phi) is 4.56. The highest BCUT2D eigenvalue weighted by Gasteiger charge is 2.18. The summed E-state index contributed by atoms with van der Waals surface area (Å²) in [7, 11) is 0. The third-order valence-electron chi connectivity index (χ3n) is 3.90. The minimum atomic E-state index is -0.488. The highest BCUT2D eigenvalue weighted by Crippen LogP contribution is 2.23. The maximum Gasteiger partial charge on any atom is 0.273 e. The lowest BCUT2D eigenvalue weighted by Crippen LogP contribution is -2.16. The van der Waals surface area contributed by atoms with Crippen molar-refractivity contribution in [1.29, 1.82) is 0 Å². The SMILES string of the molecule is Cc1c(C(=O)Nc2ccccc2Cn2cccn2)cccc1[N+](=O)[O-]. The lowest BCUT2D eigenvalue weighted by molar-refractivity contribution is -0.385. The minimum absolute atomic E-state index is 0.0718.